The molecule has 4 aromatic rings. The number of carbonyl (C=O) groups is 1. The maximum absolute atomic E-state index is 13.0. The summed E-state index contributed by atoms with van der Waals surface area (Å²) in [5.74, 6) is 2.03. The lowest BCUT2D eigenvalue weighted by Gasteiger charge is -2.23. The van der Waals surface area contributed by atoms with Crippen molar-refractivity contribution in [2.24, 2.45) is 0 Å². The molecule has 3 heterocycles. The number of benzene rings is 2. The Morgan fingerprint density at radius 3 is 2.74 bits per heavy atom. The zero-order chi connectivity index (χ0) is 21.2. The summed E-state index contributed by atoms with van der Waals surface area (Å²) in [6.07, 6.45) is 3.60. The Morgan fingerprint density at radius 1 is 1.13 bits per heavy atom. The summed E-state index contributed by atoms with van der Waals surface area (Å²) in [5.41, 5.74) is 3.70. The van der Waals surface area contributed by atoms with E-state index < -0.39 is 0 Å². The first kappa shape index (κ1) is 19.1. The largest absolute Gasteiger partial charge is 0.439 e. The minimum atomic E-state index is -0.128. The van der Waals surface area contributed by atoms with Crippen LogP contribution in [-0.4, -0.2) is 32.4 Å². The van der Waals surface area contributed by atoms with E-state index in [9.17, 15) is 4.79 Å². The molecule has 2 aromatic heterocycles. The highest BCUT2D eigenvalue weighted by Crippen LogP contribution is 2.32. The van der Waals surface area contributed by atoms with Crippen LogP contribution >= 0.6 is 0 Å². The molecule has 1 atom stereocenters. The Bertz CT molecular complexity index is 1170. The first-order valence-corrected chi connectivity index (χ1v) is 10.4. The van der Waals surface area contributed by atoms with Gasteiger partial charge in [-0.1, -0.05) is 18.2 Å². The van der Waals surface area contributed by atoms with Crippen molar-refractivity contribution in [2.45, 2.75) is 25.8 Å². The van der Waals surface area contributed by atoms with Crippen molar-refractivity contribution in [1.29, 1.82) is 0 Å². The van der Waals surface area contributed by atoms with Gasteiger partial charge in [0.15, 0.2) is 0 Å². The average molecular weight is 413 g/mol. The number of aromatic amines is 1. The average Bonchev–Trinajstić information content (AvgIpc) is 3.43. The fourth-order valence-electron chi connectivity index (χ4n) is 3.86. The molecule has 2 N–H and O–H groups in total. The zero-order valence-corrected chi connectivity index (χ0v) is 17.2. The molecule has 2 aromatic carbocycles. The van der Waals surface area contributed by atoms with Crippen molar-refractivity contribution in [3.8, 4) is 11.6 Å². The predicted molar refractivity (Wildman–Crippen MR) is 119 cm³/mol. The molecule has 7 heteroatoms. The molecule has 0 spiro atoms. The molecule has 156 valence electrons. The molecule has 0 saturated carbocycles. The molecule has 0 bridgehead atoms. The van der Waals surface area contributed by atoms with E-state index in [1.165, 1.54) is 0 Å². The van der Waals surface area contributed by atoms with Crippen molar-refractivity contribution >= 4 is 22.8 Å². The lowest BCUT2D eigenvalue weighted by Crippen LogP contribution is -2.34. The van der Waals surface area contributed by atoms with Crippen molar-refractivity contribution in [3.05, 3.63) is 78.2 Å². The first-order valence-electron chi connectivity index (χ1n) is 10.4. The number of anilines is 1. The Labute approximate surface area is 180 Å². The Balaban J connectivity index is 1.26. The highest BCUT2D eigenvalue weighted by Gasteiger charge is 2.32. The van der Waals surface area contributed by atoms with E-state index in [1.54, 1.807) is 6.20 Å². The standard InChI is InChI=1S/C24H23N5O2/c1-16-8-13-22(25-15-16)31-18-11-9-17(10-12-18)26-24(30)29-14-4-7-21(29)23-27-19-5-2-3-6-20(19)28-23/h2-3,5-6,8-13,15,21H,4,7,14H2,1H3,(H,26,30)(H,27,28). The summed E-state index contributed by atoms with van der Waals surface area (Å²) in [6, 6.07) is 18.8. The summed E-state index contributed by atoms with van der Waals surface area (Å²) >= 11 is 0. The molecule has 5 rings (SSSR count). The molecule has 1 aliphatic heterocycles. The van der Waals surface area contributed by atoms with E-state index >= 15 is 0 Å². The quantitative estimate of drug-likeness (QED) is 0.467. The number of hydrogen-bond donors (Lipinski definition) is 2. The molecule has 1 fully saturated rings. The number of imidazole rings is 1. The predicted octanol–water partition coefficient (Wildman–Crippen LogP) is 5.43. The Kier molecular flexibility index (Phi) is 5.00. The first-order chi connectivity index (χ1) is 15.2. The van der Waals surface area contributed by atoms with Gasteiger partial charge in [0.05, 0.1) is 17.1 Å². The number of urea groups is 1. The number of para-hydroxylation sites is 2. The second-order valence-electron chi connectivity index (χ2n) is 7.72. The third kappa shape index (κ3) is 4.07. The fourth-order valence-corrected chi connectivity index (χ4v) is 3.86. The summed E-state index contributed by atoms with van der Waals surface area (Å²) < 4.78 is 5.75. The molecule has 2 amide bonds. The molecule has 1 unspecified atom stereocenters. The van der Waals surface area contributed by atoms with Crippen LogP contribution in [0.25, 0.3) is 11.0 Å². The molecule has 0 aliphatic carbocycles. The SMILES string of the molecule is Cc1ccc(Oc2ccc(NC(=O)N3CCCC3c3nc4ccccc4[nH]3)cc2)nc1. The highest BCUT2D eigenvalue weighted by molar-refractivity contribution is 5.90. The molecule has 1 saturated heterocycles. The molecule has 0 radical (unpaired) electrons. The van der Waals surface area contributed by atoms with Crippen LogP contribution < -0.4 is 10.1 Å². The van der Waals surface area contributed by atoms with Crippen LogP contribution in [0.1, 0.15) is 30.3 Å². The van der Waals surface area contributed by atoms with Gasteiger partial charge in [-0.15, -0.1) is 0 Å². The summed E-state index contributed by atoms with van der Waals surface area (Å²) in [4.78, 5) is 27.1. The fraction of sp³-hybridized carbons (Fsp3) is 0.208. The highest BCUT2D eigenvalue weighted by atomic mass is 16.5. The minimum absolute atomic E-state index is 0.0531. The van der Waals surface area contributed by atoms with Crippen molar-refractivity contribution < 1.29 is 9.53 Å². The lowest BCUT2D eigenvalue weighted by atomic mass is 10.2. The van der Waals surface area contributed by atoms with Crippen LogP contribution in [0.4, 0.5) is 10.5 Å². The molecule has 31 heavy (non-hydrogen) atoms. The van der Waals surface area contributed by atoms with Crippen molar-refractivity contribution in [3.63, 3.8) is 0 Å². The maximum atomic E-state index is 13.0. The number of nitrogens with zero attached hydrogens (tertiary/aromatic N) is 3. The second-order valence-corrected chi connectivity index (χ2v) is 7.72. The van der Waals surface area contributed by atoms with E-state index in [2.05, 4.69) is 15.3 Å². The number of amides is 2. The third-order valence-corrected chi connectivity index (χ3v) is 5.45. The van der Waals surface area contributed by atoms with E-state index in [1.807, 2.05) is 72.5 Å². The second kappa shape index (κ2) is 8.10. The van der Waals surface area contributed by atoms with Crippen LogP contribution in [-0.2, 0) is 0 Å². The summed E-state index contributed by atoms with van der Waals surface area (Å²) in [7, 11) is 0. The van der Waals surface area contributed by atoms with Crippen LogP contribution in [0.5, 0.6) is 11.6 Å². The van der Waals surface area contributed by atoms with E-state index in [-0.39, 0.29) is 12.1 Å². The van der Waals surface area contributed by atoms with E-state index in [0.717, 1.165) is 35.3 Å². The third-order valence-electron chi connectivity index (χ3n) is 5.45. The summed E-state index contributed by atoms with van der Waals surface area (Å²) in [6.45, 7) is 2.68. The number of aromatic nitrogens is 3. The normalized spacial score (nSPS) is 15.9. The van der Waals surface area contributed by atoms with Crippen molar-refractivity contribution in [2.75, 3.05) is 11.9 Å². The lowest BCUT2D eigenvalue weighted by molar-refractivity contribution is 0.205. The number of aryl methyl sites for hydroxylation is 1. The number of nitrogens with one attached hydrogen (secondary N) is 2. The van der Waals surface area contributed by atoms with Gasteiger partial charge in [0.2, 0.25) is 5.88 Å². The van der Waals surface area contributed by atoms with Crippen LogP contribution in [0.3, 0.4) is 0 Å². The minimum Gasteiger partial charge on any atom is -0.439 e. The van der Waals surface area contributed by atoms with Gasteiger partial charge >= 0.3 is 6.03 Å². The molecular weight excluding hydrogens is 390 g/mol. The van der Waals surface area contributed by atoms with Gasteiger partial charge in [-0.25, -0.2) is 14.8 Å². The number of fused-ring (bicyclic) bond motifs is 1. The van der Waals surface area contributed by atoms with E-state index in [0.29, 0.717) is 23.9 Å². The Hall–Kier alpha value is -3.87. The smallest absolute Gasteiger partial charge is 0.322 e. The van der Waals surface area contributed by atoms with Gasteiger partial charge in [0.25, 0.3) is 0 Å². The number of hydrogen-bond acceptors (Lipinski definition) is 4. The van der Waals surface area contributed by atoms with Crippen molar-refractivity contribution in [1.82, 2.24) is 19.9 Å². The number of H-pyrrole nitrogens is 1. The van der Waals surface area contributed by atoms with Gasteiger partial charge < -0.3 is 19.9 Å². The summed E-state index contributed by atoms with van der Waals surface area (Å²) in [5, 5.41) is 2.99. The Morgan fingerprint density at radius 2 is 1.97 bits per heavy atom. The molecular formula is C24H23N5O2. The van der Waals surface area contributed by atoms with Crippen LogP contribution in [0.2, 0.25) is 0 Å². The maximum Gasteiger partial charge on any atom is 0.322 e. The number of ether oxygens (including phenoxy) is 1. The van der Waals surface area contributed by atoms with E-state index in [4.69, 9.17) is 9.72 Å². The zero-order valence-electron chi connectivity index (χ0n) is 17.2. The van der Waals surface area contributed by atoms with Gasteiger partial charge in [0.1, 0.15) is 11.6 Å². The number of likely N-dealkylation sites (tertiary alicyclic amines) is 1. The van der Waals surface area contributed by atoms with Crippen LogP contribution in [0, 0.1) is 6.92 Å². The van der Waals surface area contributed by atoms with Gasteiger partial charge in [0, 0.05) is 24.5 Å². The van der Waals surface area contributed by atoms with Gasteiger partial charge in [-0.3, -0.25) is 0 Å². The topological polar surface area (TPSA) is 83.1 Å². The number of carbonyl (C=O) groups excluding carboxylic acids is 1. The molecule has 1 aliphatic rings. The van der Waals surface area contributed by atoms with Gasteiger partial charge in [-0.2, -0.15) is 0 Å². The van der Waals surface area contributed by atoms with Crippen LogP contribution in [0.15, 0.2) is 66.9 Å². The molecule has 7 nitrogen and oxygen atoms in total. The van der Waals surface area contributed by atoms with Gasteiger partial charge in [-0.05, 0) is 61.7 Å². The number of rotatable bonds is 4. The number of pyridine rings is 1. The monoisotopic (exact) mass is 413 g/mol.